The van der Waals surface area contributed by atoms with Crippen molar-refractivity contribution in [2.45, 2.75) is 6.92 Å². The average Bonchev–Trinajstić information content (AvgIpc) is 1.99. The van der Waals surface area contributed by atoms with Crippen molar-refractivity contribution in [1.82, 2.24) is 0 Å². The van der Waals surface area contributed by atoms with Crippen LogP contribution in [0.1, 0.15) is 15.9 Å². The van der Waals surface area contributed by atoms with Crippen molar-refractivity contribution in [1.29, 1.82) is 0 Å². The molecule has 1 rings (SSSR count). The molecular formula is C8H5Br2FO2. The van der Waals surface area contributed by atoms with E-state index in [0.717, 1.165) is 0 Å². The lowest BCUT2D eigenvalue weighted by Crippen LogP contribution is -2.04. The van der Waals surface area contributed by atoms with Crippen LogP contribution in [0.3, 0.4) is 0 Å². The van der Waals surface area contributed by atoms with Crippen LogP contribution in [-0.2, 0) is 0 Å². The zero-order valence-electron chi connectivity index (χ0n) is 6.57. The number of carbonyl (C=O) groups is 1. The lowest BCUT2D eigenvalue weighted by atomic mass is 10.1. The maximum atomic E-state index is 13.3. The lowest BCUT2D eigenvalue weighted by molar-refractivity contribution is 0.0690. The van der Waals surface area contributed by atoms with Gasteiger partial charge >= 0.3 is 5.97 Å². The van der Waals surface area contributed by atoms with Gasteiger partial charge in [-0.1, -0.05) is 15.9 Å². The zero-order chi connectivity index (χ0) is 10.2. The molecule has 0 amide bonds. The maximum absolute atomic E-state index is 13.3. The van der Waals surface area contributed by atoms with Crippen LogP contribution in [0.2, 0.25) is 0 Å². The van der Waals surface area contributed by atoms with Crippen molar-refractivity contribution in [2.24, 2.45) is 0 Å². The molecule has 0 fully saturated rings. The van der Waals surface area contributed by atoms with Crippen molar-refractivity contribution >= 4 is 37.8 Å². The normalized spacial score (nSPS) is 10.2. The highest BCUT2D eigenvalue weighted by molar-refractivity contribution is 9.11. The highest BCUT2D eigenvalue weighted by atomic mass is 79.9. The molecule has 1 N–H and O–H groups in total. The Hall–Kier alpha value is -0.420. The predicted molar refractivity (Wildman–Crippen MR) is 53.5 cm³/mol. The summed E-state index contributed by atoms with van der Waals surface area (Å²) in [6.45, 7) is 1.51. The van der Waals surface area contributed by atoms with Gasteiger partial charge in [-0.25, -0.2) is 9.18 Å². The molecule has 1 aromatic carbocycles. The van der Waals surface area contributed by atoms with E-state index >= 15 is 0 Å². The van der Waals surface area contributed by atoms with Crippen molar-refractivity contribution < 1.29 is 14.3 Å². The summed E-state index contributed by atoms with van der Waals surface area (Å²) in [6.07, 6.45) is 0. The fourth-order valence-electron chi connectivity index (χ4n) is 0.885. The number of hydrogen-bond acceptors (Lipinski definition) is 1. The molecular weight excluding hydrogens is 307 g/mol. The molecule has 0 saturated heterocycles. The first-order chi connectivity index (χ1) is 5.95. The van der Waals surface area contributed by atoms with E-state index in [-0.39, 0.29) is 10.0 Å². The second-order valence-corrected chi connectivity index (χ2v) is 4.17. The van der Waals surface area contributed by atoms with Gasteiger partial charge in [0.2, 0.25) is 0 Å². The summed E-state index contributed by atoms with van der Waals surface area (Å²) in [6, 6.07) is 1.52. The second-order valence-electron chi connectivity index (χ2n) is 2.46. The fourth-order valence-corrected chi connectivity index (χ4v) is 2.17. The fraction of sp³-hybridized carbons (Fsp3) is 0.125. The summed E-state index contributed by atoms with van der Waals surface area (Å²) in [5, 5.41) is 8.68. The van der Waals surface area contributed by atoms with Crippen molar-refractivity contribution in [3.63, 3.8) is 0 Å². The molecule has 0 aromatic heterocycles. The van der Waals surface area contributed by atoms with Crippen LogP contribution in [0.5, 0.6) is 0 Å². The third-order valence-corrected chi connectivity index (χ3v) is 3.06. The highest BCUT2D eigenvalue weighted by Crippen LogP contribution is 2.28. The maximum Gasteiger partial charge on any atom is 0.339 e. The summed E-state index contributed by atoms with van der Waals surface area (Å²) in [5.41, 5.74) is -0.0405. The van der Waals surface area contributed by atoms with Crippen molar-refractivity contribution in [3.05, 3.63) is 32.0 Å². The molecule has 2 nitrogen and oxygen atoms in total. The summed E-state index contributed by atoms with van der Waals surface area (Å²) < 4.78 is 14.1. The minimum absolute atomic E-state index is 0.231. The second kappa shape index (κ2) is 3.75. The third-order valence-electron chi connectivity index (χ3n) is 1.61. The quantitative estimate of drug-likeness (QED) is 0.863. The first-order valence-corrected chi connectivity index (χ1v) is 4.91. The van der Waals surface area contributed by atoms with E-state index in [1.54, 1.807) is 0 Å². The average molecular weight is 312 g/mol. The molecule has 0 heterocycles. The largest absolute Gasteiger partial charge is 0.478 e. The molecule has 0 saturated carbocycles. The van der Waals surface area contributed by atoms with E-state index in [1.807, 2.05) is 0 Å². The zero-order valence-corrected chi connectivity index (χ0v) is 9.74. The van der Waals surface area contributed by atoms with Gasteiger partial charge in [0.25, 0.3) is 0 Å². The molecule has 0 aliphatic heterocycles. The van der Waals surface area contributed by atoms with Gasteiger partial charge in [0.05, 0.1) is 0 Å². The van der Waals surface area contributed by atoms with Crippen LogP contribution in [-0.4, -0.2) is 11.1 Å². The van der Waals surface area contributed by atoms with Gasteiger partial charge in [-0.2, -0.15) is 0 Å². The molecule has 0 aliphatic rings. The van der Waals surface area contributed by atoms with Crippen LogP contribution < -0.4 is 0 Å². The van der Waals surface area contributed by atoms with Crippen molar-refractivity contribution in [3.8, 4) is 0 Å². The Morgan fingerprint density at radius 2 is 2.00 bits per heavy atom. The number of carboxylic acid groups (broad SMARTS) is 1. The van der Waals surface area contributed by atoms with Gasteiger partial charge in [0.1, 0.15) is 11.4 Å². The number of rotatable bonds is 1. The Kier molecular flexibility index (Phi) is 3.08. The summed E-state index contributed by atoms with van der Waals surface area (Å²) >= 11 is 6.10. The van der Waals surface area contributed by atoms with Gasteiger partial charge in [0.15, 0.2) is 0 Å². The van der Waals surface area contributed by atoms with Gasteiger partial charge in [-0.15, -0.1) is 0 Å². The molecule has 0 bridgehead atoms. The lowest BCUT2D eigenvalue weighted by Gasteiger charge is -2.05. The van der Waals surface area contributed by atoms with E-state index in [9.17, 15) is 9.18 Å². The number of aromatic carboxylic acids is 1. The van der Waals surface area contributed by atoms with E-state index < -0.39 is 11.8 Å². The van der Waals surface area contributed by atoms with E-state index in [0.29, 0.717) is 10.0 Å². The number of benzene rings is 1. The number of halogens is 3. The van der Waals surface area contributed by atoms with E-state index in [4.69, 9.17) is 5.11 Å². The molecule has 1 aromatic rings. The minimum atomic E-state index is -1.28. The minimum Gasteiger partial charge on any atom is -0.478 e. The molecule has 0 radical (unpaired) electrons. The molecule has 0 unspecified atom stereocenters. The summed E-state index contributed by atoms with van der Waals surface area (Å²) in [7, 11) is 0. The third kappa shape index (κ3) is 1.91. The molecule has 13 heavy (non-hydrogen) atoms. The SMILES string of the molecule is Cc1c(Br)cc(Br)c(C(=O)O)c1F. The summed E-state index contributed by atoms with van der Waals surface area (Å²) in [5.74, 6) is -1.99. The Labute approximate surface area is 91.0 Å². The van der Waals surface area contributed by atoms with E-state index in [1.165, 1.54) is 13.0 Å². The summed E-state index contributed by atoms with van der Waals surface area (Å²) in [4.78, 5) is 10.6. The molecule has 0 atom stereocenters. The highest BCUT2D eigenvalue weighted by Gasteiger charge is 2.18. The molecule has 0 spiro atoms. The van der Waals surface area contributed by atoms with Crippen LogP contribution in [0, 0.1) is 12.7 Å². The Morgan fingerprint density at radius 1 is 1.46 bits per heavy atom. The molecule has 0 aliphatic carbocycles. The van der Waals surface area contributed by atoms with Crippen LogP contribution in [0.4, 0.5) is 4.39 Å². The van der Waals surface area contributed by atoms with Gasteiger partial charge in [0, 0.05) is 8.95 Å². The van der Waals surface area contributed by atoms with Crippen LogP contribution in [0.25, 0.3) is 0 Å². The topological polar surface area (TPSA) is 37.3 Å². The number of carboxylic acids is 1. The predicted octanol–water partition coefficient (Wildman–Crippen LogP) is 3.36. The van der Waals surface area contributed by atoms with Crippen LogP contribution in [0.15, 0.2) is 15.0 Å². The standard InChI is InChI=1S/C8H5Br2FO2/c1-3-4(9)2-5(10)6(7(3)11)8(12)13/h2H,1H3,(H,12,13). The van der Waals surface area contributed by atoms with Crippen molar-refractivity contribution in [2.75, 3.05) is 0 Å². The van der Waals surface area contributed by atoms with Crippen LogP contribution >= 0.6 is 31.9 Å². The van der Waals surface area contributed by atoms with Gasteiger partial charge in [-0.05, 0) is 34.5 Å². The molecule has 5 heteroatoms. The Balaban J connectivity index is 3.53. The first-order valence-electron chi connectivity index (χ1n) is 3.32. The number of hydrogen-bond donors (Lipinski definition) is 1. The van der Waals surface area contributed by atoms with Gasteiger partial charge < -0.3 is 5.11 Å². The monoisotopic (exact) mass is 310 g/mol. The first kappa shape index (κ1) is 10.7. The van der Waals surface area contributed by atoms with Gasteiger partial charge in [-0.3, -0.25) is 0 Å². The smallest absolute Gasteiger partial charge is 0.339 e. The Bertz CT molecular complexity index is 377. The Morgan fingerprint density at radius 3 is 2.46 bits per heavy atom. The molecule has 70 valence electrons. The van der Waals surface area contributed by atoms with E-state index in [2.05, 4.69) is 31.9 Å².